The molecule has 3 nitrogen and oxygen atoms in total. The molecule has 0 bridgehead atoms. The van der Waals surface area contributed by atoms with Crippen molar-refractivity contribution in [3.63, 3.8) is 0 Å². The molecule has 1 rings (SSSR count). The summed E-state index contributed by atoms with van der Waals surface area (Å²) >= 11 is 0. The summed E-state index contributed by atoms with van der Waals surface area (Å²) in [6.07, 6.45) is 24.0. The second kappa shape index (κ2) is 20.4. The number of hydrogen-bond acceptors (Lipinski definition) is 2. The Kier molecular flexibility index (Phi) is 19.6. The normalized spacial score (nSPS) is 12.6. The number of unbranched alkanes of at least 4 members (excludes halogenated alkanes) is 15. The van der Waals surface area contributed by atoms with E-state index < -0.39 is 11.9 Å². The number of aliphatic carboxylic acids is 1. The summed E-state index contributed by atoms with van der Waals surface area (Å²) in [7, 11) is 0. The van der Waals surface area contributed by atoms with Crippen LogP contribution >= 0.6 is 0 Å². The molecule has 222 valence electrons. The summed E-state index contributed by atoms with van der Waals surface area (Å²) in [5.74, 6) is -1.14. The summed E-state index contributed by atoms with van der Waals surface area (Å²) in [6, 6.07) is 5.16. The van der Waals surface area contributed by atoms with Gasteiger partial charge in [-0.25, -0.2) is 0 Å². The predicted octanol–water partition coefficient (Wildman–Crippen LogP) is 11.6. The van der Waals surface area contributed by atoms with Gasteiger partial charge in [0, 0.05) is 0 Å². The van der Waals surface area contributed by atoms with Gasteiger partial charge in [0.2, 0.25) is 0 Å². The Morgan fingerprint density at radius 3 is 1.34 bits per heavy atom. The smallest absolute Gasteiger partial charge is 0.310 e. The van der Waals surface area contributed by atoms with Crippen LogP contribution in [0.3, 0.4) is 0 Å². The summed E-state index contributed by atoms with van der Waals surface area (Å²) in [4.78, 5) is 11.6. The Morgan fingerprint density at radius 1 is 0.684 bits per heavy atom. The molecule has 0 fully saturated rings. The zero-order chi connectivity index (χ0) is 29.0. The van der Waals surface area contributed by atoms with Crippen LogP contribution in [0.25, 0.3) is 0 Å². The van der Waals surface area contributed by atoms with E-state index in [4.69, 9.17) is 0 Å². The molecule has 0 aromatic heterocycles. The predicted molar refractivity (Wildman–Crippen MR) is 166 cm³/mol. The van der Waals surface area contributed by atoms with Crippen LogP contribution in [0.5, 0.6) is 5.75 Å². The molecular weight excluding hydrogens is 468 g/mol. The van der Waals surface area contributed by atoms with Crippen molar-refractivity contribution < 1.29 is 15.0 Å². The zero-order valence-electron chi connectivity index (χ0n) is 26.6. The van der Waals surface area contributed by atoms with Gasteiger partial charge in [-0.1, -0.05) is 170 Å². The van der Waals surface area contributed by atoms with Crippen molar-refractivity contribution in [1.29, 1.82) is 0 Å². The lowest BCUT2D eigenvalue weighted by Gasteiger charge is -2.26. The van der Waals surface area contributed by atoms with E-state index in [-0.39, 0.29) is 16.6 Å². The first-order chi connectivity index (χ1) is 17.8. The molecule has 1 aromatic rings. The number of phenols is 1. The quantitative estimate of drug-likeness (QED) is 0.185. The first kappa shape index (κ1) is 36.5. The second-order valence-corrected chi connectivity index (χ2v) is 13.6. The van der Waals surface area contributed by atoms with Crippen LogP contribution in [-0.4, -0.2) is 16.2 Å². The molecule has 3 heteroatoms. The molecular formula is C35H64O3. The third kappa shape index (κ3) is 18.7. The van der Waals surface area contributed by atoms with Gasteiger partial charge in [-0.3, -0.25) is 4.79 Å². The molecule has 1 atom stereocenters. The Balaban J connectivity index is 0.000000726. The molecule has 1 unspecified atom stereocenters. The largest absolute Gasteiger partial charge is 0.508 e. The first-order valence-corrected chi connectivity index (χ1v) is 15.9. The summed E-state index contributed by atoms with van der Waals surface area (Å²) in [5.41, 5.74) is 1.26. The molecule has 2 N–H and O–H groups in total. The fourth-order valence-electron chi connectivity index (χ4n) is 4.95. The minimum atomic E-state index is -0.814. The van der Waals surface area contributed by atoms with E-state index >= 15 is 0 Å². The van der Waals surface area contributed by atoms with Crippen LogP contribution in [0.15, 0.2) is 18.2 Å². The average molecular weight is 533 g/mol. The Labute approximate surface area is 237 Å². The zero-order valence-corrected chi connectivity index (χ0v) is 26.6. The Bertz CT molecular complexity index is 708. The van der Waals surface area contributed by atoms with E-state index in [1.54, 1.807) is 12.1 Å². The van der Waals surface area contributed by atoms with E-state index in [0.29, 0.717) is 6.42 Å². The average Bonchev–Trinajstić information content (AvgIpc) is 2.82. The molecule has 0 amide bonds. The number of phenolic OH excluding ortho intramolecular Hbond substituents is 1. The van der Waals surface area contributed by atoms with Crippen molar-refractivity contribution in [2.45, 2.75) is 176 Å². The van der Waals surface area contributed by atoms with Crippen molar-refractivity contribution >= 4 is 5.97 Å². The van der Waals surface area contributed by atoms with Gasteiger partial charge >= 0.3 is 5.97 Å². The minimum Gasteiger partial charge on any atom is -0.508 e. The maximum atomic E-state index is 11.6. The third-order valence-electron chi connectivity index (χ3n) is 7.30. The maximum absolute atomic E-state index is 11.6. The lowest BCUT2D eigenvalue weighted by atomic mass is 9.79. The van der Waals surface area contributed by atoms with Gasteiger partial charge in [0.05, 0.1) is 5.92 Å². The van der Waals surface area contributed by atoms with Gasteiger partial charge in [0.25, 0.3) is 0 Å². The number of hydrogen-bond donors (Lipinski definition) is 2. The van der Waals surface area contributed by atoms with Crippen molar-refractivity contribution in [3.05, 3.63) is 29.3 Å². The van der Waals surface area contributed by atoms with Gasteiger partial charge in [-0.15, -0.1) is 0 Å². The van der Waals surface area contributed by atoms with E-state index in [0.717, 1.165) is 11.1 Å². The van der Waals surface area contributed by atoms with Gasteiger partial charge < -0.3 is 10.2 Å². The molecule has 0 aliphatic rings. The van der Waals surface area contributed by atoms with Crippen LogP contribution < -0.4 is 0 Å². The van der Waals surface area contributed by atoms with Crippen molar-refractivity contribution in [2.24, 2.45) is 5.41 Å². The monoisotopic (exact) mass is 532 g/mol. The number of aromatic hydroxyl groups is 1. The molecule has 1 aromatic carbocycles. The summed E-state index contributed by atoms with van der Waals surface area (Å²) in [5, 5.41) is 19.5. The first-order valence-electron chi connectivity index (χ1n) is 15.9. The van der Waals surface area contributed by atoms with Crippen molar-refractivity contribution in [1.82, 2.24) is 0 Å². The van der Waals surface area contributed by atoms with Crippen LogP contribution in [0.2, 0.25) is 0 Å². The lowest BCUT2D eigenvalue weighted by Crippen LogP contribution is -2.20. The highest BCUT2D eigenvalue weighted by atomic mass is 16.4. The van der Waals surface area contributed by atoms with Crippen LogP contribution in [0.4, 0.5) is 0 Å². The lowest BCUT2D eigenvalue weighted by molar-refractivity contribution is -0.139. The van der Waals surface area contributed by atoms with E-state index in [9.17, 15) is 15.0 Å². The van der Waals surface area contributed by atoms with Gasteiger partial charge in [-0.05, 0) is 34.4 Å². The molecule has 0 spiro atoms. The molecule has 0 saturated heterocycles. The van der Waals surface area contributed by atoms with Crippen LogP contribution in [-0.2, 0) is 10.2 Å². The maximum Gasteiger partial charge on any atom is 0.310 e. The number of carboxylic acid groups (broad SMARTS) is 1. The van der Waals surface area contributed by atoms with Gasteiger partial charge in [0.1, 0.15) is 5.75 Å². The van der Waals surface area contributed by atoms with E-state index in [1.165, 1.54) is 103 Å². The SMILES string of the molecule is CC(C)(C)CC(C(=O)O)c1ccc(O)c(C(C)(C)C)c1.CCCCCCCCCCCCCCCCCC. The highest BCUT2D eigenvalue weighted by Gasteiger charge is 2.28. The minimum absolute atomic E-state index is 0.0666. The topological polar surface area (TPSA) is 57.5 Å². The van der Waals surface area contributed by atoms with Crippen molar-refractivity contribution in [2.75, 3.05) is 0 Å². The Morgan fingerprint density at radius 2 is 1.05 bits per heavy atom. The van der Waals surface area contributed by atoms with E-state index in [1.807, 2.05) is 47.6 Å². The molecule has 38 heavy (non-hydrogen) atoms. The fraction of sp³-hybridized carbons (Fsp3) is 0.800. The van der Waals surface area contributed by atoms with Gasteiger partial charge in [0.15, 0.2) is 0 Å². The highest BCUT2D eigenvalue weighted by molar-refractivity contribution is 5.76. The molecule has 0 radical (unpaired) electrons. The molecule has 0 heterocycles. The summed E-state index contributed by atoms with van der Waals surface area (Å²) < 4.78 is 0. The third-order valence-corrected chi connectivity index (χ3v) is 7.30. The number of benzene rings is 1. The number of carboxylic acids is 1. The van der Waals surface area contributed by atoms with Crippen molar-refractivity contribution in [3.8, 4) is 5.75 Å². The highest BCUT2D eigenvalue weighted by Crippen LogP contribution is 2.36. The van der Waals surface area contributed by atoms with Gasteiger partial charge in [-0.2, -0.15) is 0 Å². The standard InChI is InChI=1S/C18H38.C17H26O3/c1-3-5-7-9-11-13-15-17-18-16-14-12-10-8-6-4-2;1-16(2,3)10-12(15(19)20)11-7-8-14(18)13(9-11)17(4,5)6/h3-18H2,1-2H3;7-9,12,18H,10H2,1-6H3,(H,19,20). The number of carbonyl (C=O) groups is 1. The molecule has 0 saturated carbocycles. The van der Waals surface area contributed by atoms with Crippen LogP contribution in [0, 0.1) is 5.41 Å². The second-order valence-electron chi connectivity index (χ2n) is 13.6. The molecule has 0 aliphatic carbocycles. The fourth-order valence-corrected chi connectivity index (χ4v) is 4.95. The molecule has 0 aliphatic heterocycles. The summed E-state index contributed by atoms with van der Waals surface area (Å²) in [6.45, 7) is 16.7. The number of rotatable bonds is 18. The Hall–Kier alpha value is -1.51. The van der Waals surface area contributed by atoms with E-state index in [2.05, 4.69) is 13.8 Å². The van der Waals surface area contributed by atoms with Crippen LogP contribution in [0.1, 0.15) is 182 Å².